The number of carbonyl (C=O) groups is 1. The molecule has 2 rings (SSSR count). The Labute approximate surface area is 118 Å². The minimum atomic E-state index is -0.126. The van der Waals surface area contributed by atoms with Gasteiger partial charge in [0, 0.05) is 23.5 Å². The zero-order valence-electron chi connectivity index (χ0n) is 10.9. The summed E-state index contributed by atoms with van der Waals surface area (Å²) in [4.78, 5) is 16.4. The fraction of sp³-hybridized carbons (Fsp3) is 0.333. The molecule has 3 nitrogen and oxygen atoms in total. The van der Waals surface area contributed by atoms with E-state index in [2.05, 4.69) is 10.3 Å². The second-order valence-electron chi connectivity index (χ2n) is 4.59. The SMILES string of the molecule is CC(CCCCl)NC(=O)c1nccc2ccccc12. The van der Waals surface area contributed by atoms with Gasteiger partial charge in [-0.1, -0.05) is 24.3 Å². The van der Waals surface area contributed by atoms with Crippen molar-refractivity contribution in [1.82, 2.24) is 10.3 Å². The standard InChI is InChI=1S/C15H17ClN2O/c1-11(5-4-9-16)18-15(19)14-13-7-3-2-6-12(13)8-10-17-14/h2-3,6-8,10-11H,4-5,9H2,1H3,(H,18,19). The lowest BCUT2D eigenvalue weighted by molar-refractivity contribution is 0.0935. The molecule has 1 aromatic heterocycles. The Morgan fingerprint density at radius 2 is 2.16 bits per heavy atom. The number of alkyl halides is 1. The topological polar surface area (TPSA) is 42.0 Å². The third-order valence-corrected chi connectivity index (χ3v) is 3.30. The number of aromatic nitrogens is 1. The van der Waals surface area contributed by atoms with E-state index < -0.39 is 0 Å². The maximum Gasteiger partial charge on any atom is 0.270 e. The predicted octanol–water partition coefficient (Wildman–Crippen LogP) is 3.37. The number of halogens is 1. The average molecular weight is 277 g/mol. The van der Waals surface area contributed by atoms with Crippen molar-refractivity contribution in [3.8, 4) is 0 Å². The molecule has 19 heavy (non-hydrogen) atoms. The van der Waals surface area contributed by atoms with Crippen LogP contribution >= 0.6 is 11.6 Å². The summed E-state index contributed by atoms with van der Waals surface area (Å²) in [5.74, 6) is 0.492. The van der Waals surface area contributed by atoms with E-state index in [0.29, 0.717) is 11.6 Å². The van der Waals surface area contributed by atoms with Crippen LogP contribution in [0.3, 0.4) is 0 Å². The molecule has 0 fully saturated rings. The van der Waals surface area contributed by atoms with E-state index in [0.717, 1.165) is 23.6 Å². The van der Waals surface area contributed by atoms with E-state index in [1.54, 1.807) is 6.20 Å². The molecule has 100 valence electrons. The van der Waals surface area contributed by atoms with Crippen LogP contribution in [0.2, 0.25) is 0 Å². The fourth-order valence-electron chi connectivity index (χ4n) is 2.05. The number of hydrogen-bond acceptors (Lipinski definition) is 2. The first kappa shape index (κ1) is 13.8. The molecule has 1 N–H and O–H groups in total. The summed E-state index contributed by atoms with van der Waals surface area (Å²) in [6, 6.07) is 9.77. The number of fused-ring (bicyclic) bond motifs is 1. The molecule has 0 bridgehead atoms. The van der Waals surface area contributed by atoms with E-state index in [9.17, 15) is 4.79 Å². The van der Waals surface area contributed by atoms with Gasteiger partial charge in [-0.25, -0.2) is 0 Å². The number of nitrogens with one attached hydrogen (secondary N) is 1. The summed E-state index contributed by atoms with van der Waals surface area (Å²) in [7, 11) is 0. The van der Waals surface area contributed by atoms with Gasteiger partial charge in [0.15, 0.2) is 0 Å². The van der Waals surface area contributed by atoms with Crippen molar-refractivity contribution in [2.45, 2.75) is 25.8 Å². The molecule has 2 aromatic rings. The number of rotatable bonds is 5. The maximum atomic E-state index is 12.2. The second kappa shape index (κ2) is 6.53. The van der Waals surface area contributed by atoms with Crippen LogP contribution in [0.15, 0.2) is 36.5 Å². The quantitative estimate of drug-likeness (QED) is 0.851. The number of pyridine rings is 1. The lowest BCUT2D eigenvalue weighted by Crippen LogP contribution is -2.33. The van der Waals surface area contributed by atoms with Gasteiger partial charge in [-0.05, 0) is 31.2 Å². The smallest absolute Gasteiger partial charge is 0.270 e. The Kier molecular flexibility index (Phi) is 4.74. The molecule has 4 heteroatoms. The van der Waals surface area contributed by atoms with Gasteiger partial charge in [0.05, 0.1) is 0 Å². The largest absolute Gasteiger partial charge is 0.348 e. The molecule has 0 aliphatic heterocycles. The van der Waals surface area contributed by atoms with Crippen LogP contribution in [0.5, 0.6) is 0 Å². The van der Waals surface area contributed by atoms with Crippen LogP contribution in [0.1, 0.15) is 30.3 Å². The first-order valence-corrected chi connectivity index (χ1v) is 6.96. The minimum Gasteiger partial charge on any atom is -0.348 e. The minimum absolute atomic E-state index is 0.104. The van der Waals surface area contributed by atoms with E-state index in [-0.39, 0.29) is 11.9 Å². The summed E-state index contributed by atoms with van der Waals surface area (Å²) in [6.45, 7) is 1.98. The van der Waals surface area contributed by atoms with Crippen LogP contribution in [-0.2, 0) is 0 Å². The second-order valence-corrected chi connectivity index (χ2v) is 4.96. The normalized spacial score (nSPS) is 12.3. The highest BCUT2D eigenvalue weighted by Gasteiger charge is 2.13. The van der Waals surface area contributed by atoms with Crippen LogP contribution in [0.25, 0.3) is 10.8 Å². The van der Waals surface area contributed by atoms with E-state index in [1.165, 1.54) is 0 Å². The van der Waals surface area contributed by atoms with Crippen molar-refractivity contribution in [3.63, 3.8) is 0 Å². The average Bonchev–Trinajstić information content (AvgIpc) is 2.44. The molecule has 1 heterocycles. The zero-order valence-corrected chi connectivity index (χ0v) is 11.7. The van der Waals surface area contributed by atoms with Crippen LogP contribution in [0.4, 0.5) is 0 Å². The monoisotopic (exact) mass is 276 g/mol. The van der Waals surface area contributed by atoms with Gasteiger partial charge in [0.1, 0.15) is 5.69 Å². The van der Waals surface area contributed by atoms with Crippen molar-refractivity contribution in [2.75, 3.05) is 5.88 Å². The number of benzene rings is 1. The highest BCUT2D eigenvalue weighted by Crippen LogP contribution is 2.16. The summed E-state index contributed by atoms with van der Waals surface area (Å²) in [5, 5.41) is 4.87. The highest BCUT2D eigenvalue weighted by atomic mass is 35.5. The molecule has 1 aromatic carbocycles. The first-order chi connectivity index (χ1) is 9.22. The first-order valence-electron chi connectivity index (χ1n) is 6.43. The third kappa shape index (κ3) is 3.44. The van der Waals surface area contributed by atoms with Crippen LogP contribution in [0, 0.1) is 0 Å². The Morgan fingerprint density at radius 1 is 1.37 bits per heavy atom. The summed E-state index contributed by atoms with van der Waals surface area (Å²) in [5.41, 5.74) is 0.482. The molecular weight excluding hydrogens is 260 g/mol. The van der Waals surface area contributed by atoms with Gasteiger partial charge in [-0.3, -0.25) is 9.78 Å². The van der Waals surface area contributed by atoms with Gasteiger partial charge in [0.25, 0.3) is 5.91 Å². The Bertz CT molecular complexity index is 566. The third-order valence-electron chi connectivity index (χ3n) is 3.04. The van der Waals surface area contributed by atoms with Gasteiger partial charge >= 0.3 is 0 Å². The van der Waals surface area contributed by atoms with E-state index in [4.69, 9.17) is 11.6 Å². The molecule has 0 saturated heterocycles. The van der Waals surface area contributed by atoms with Gasteiger partial charge in [-0.15, -0.1) is 11.6 Å². The number of nitrogens with zero attached hydrogens (tertiary/aromatic N) is 1. The Balaban J connectivity index is 2.17. The van der Waals surface area contributed by atoms with E-state index in [1.807, 2.05) is 37.3 Å². The molecule has 0 aliphatic rings. The molecule has 0 radical (unpaired) electrons. The number of amides is 1. The lowest BCUT2D eigenvalue weighted by Gasteiger charge is -2.13. The Morgan fingerprint density at radius 3 is 2.95 bits per heavy atom. The summed E-state index contributed by atoms with van der Waals surface area (Å²) in [6.07, 6.45) is 3.44. The molecule has 1 amide bonds. The van der Waals surface area contributed by atoms with Crippen molar-refractivity contribution in [1.29, 1.82) is 0 Å². The van der Waals surface area contributed by atoms with Gasteiger partial charge in [-0.2, -0.15) is 0 Å². The van der Waals surface area contributed by atoms with E-state index >= 15 is 0 Å². The molecule has 0 spiro atoms. The highest BCUT2D eigenvalue weighted by molar-refractivity contribution is 6.17. The molecule has 1 unspecified atom stereocenters. The van der Waals surface area contributed by atoms with Gasteiger partial charge in [0.2, 0.25) is 0 Å². The van der Waals surface area contributed by atoms with Crippen molar-refractivity contribution < 1.29 is 4.79 Å². The zero-order chi connectivity index (χ0) is 13.7. The Hall–Kier alpha value is -1.61. The number of carbonyl (C=O) groups excluding carboxylic acids is 1. The van der Waals surface area contributed by atoms with Crippen molar-refractivity contribution in [2.24, 2.45) is 0 Å². The molecule has 0 saturated carbocycles. The lowest BCUT2D eigenvalue weighted by atomic mass is 10.1. The summed E-state index contributed by atoms with van der Waals surface area (Å²) < 4.78 is 0. The predicted molar refractivity (Wildman–Crippen MR) is 78.6 cm³/mol. The molecule has 0 aliphatic carbocycles. The van der Waals surface area contributed by atoms with Crippen LogP contribution in [-0.4, -0.2) is 22.8 Å². The number of hydrogen-bond donors (Lipinski definition) is 1. The van der Waals surface area contributed by atoms with Crippen molar-refractivity contribution >= 4 is 28.3 Å². The van der Waals surface area contributed by atoms with Crippen LogP contribution < -0.4 is 5.32 Å². The van der Waals surface area contributed by atoms with Gasteiger partial charge < -0.3 is 5.32 Å². The molecular formula is C15H17ClN2O. The van der Waals surface area contributed by atoms with Crippen molar-refractivity contribution in [3.05, 3.63) is 42.2 Å². The fourth-order valence-corrected chi connectivity index (χ4v) is 2.20. The summed E-state index contributed by atoms with van der Waals surface area (Å²) >= 11 is 5.65. The molecule has 1 atom stereocenters. The maximum absolute atomic E-state index is 12.2.